The monoisotopic (exact) mass is 127 g/mol. The van der Waals surface area contributed by atoms with Crippen LogP contribution in [-0.4, -0.2) is 12.5 Å². The first-order valence-corrected chi connectivity index (χ1v) is 1.99. The second-order valence-electron chi connectivity index (χ2n) is 0.899. The summed E-state index contributed by atoms with van der Waals surface area (Å²) in [6.07, 6.45) is 0. The molecule has 0 aliphatic rings. The molecule has 0 radical (unpaired) electrons. The van der Waals surface area contributed by atoms with Crippen LogP contribution >= 0.6 is 0 Å². The standard InChI is InChI=1S/C2H5NO.C2H5O.Na/c1-2(3)4;1-2-3;/h1H3,(H2,3,4);2H2,1H3;/q;-1;+1. The van der Waals surface area contributed by atoms with Gasteiger partial charge in [0.25, 0.3) is 0 Å². The van der Waals surface area contributed by atoms with E-state index in [1.54, 1.807) is 6.92 Å². The maximum absolute atomic E-state index is 9.22. The topological polar surface area (TPSA) is 66.2 Å². The maximum atomic E-state index is 9.22. The van der Waals surface area contributed by atoms with Gasteiger partial charge in [0, 0.05) is 6.92 Å². The minimum atomic E-state index is -0.333. The molecule has 8 heavy (non-hydrogen) atoms. The summed E-state index contributed by atoms with van der Waals surface area (Å²) in [5.41, 5.74) is 4.47. The predicted octanol–water partition coefficient (Wildman–Crippen LogP) is -4.14. The van der Waals surface area contributed by atoms with E-state index < -0.39 is 0 Å². The van der Waals surface area contributed by atoms with Crippen LogP contribution in [0.25, 0.3) is 0 Å². The minimum absolute atomic E-state index is 0. The number of carbonyl (C=O) groups is 1. The van der Waals surface area contributed by atoms with Gasteiger partial charge in [0.15, 0.2) is 0 Å². The number of rotatable bonds is 0. The van der Waals surface area contributed by atoms with Gasteiger partial charge in [0.1, 0.15) is 0 Å². The SMILES string of the molecule is CC(N)=O.CC[O-].[Na+]. The van der Waals surface area contributed by atoms with Crippen molar-refractivity contribution in [3.05, 3.63) is 0 Å². The number of amides is 1. The van der Waals surface area contributed by atoms with Crippen LogP contribution in [0.15, 0.2) is 0 Å². The van der Waals surface area contributed by atoms with Crippen LogP contribution in [-0.2, 0) is 4.79 Å². The van der Waals surface area contributed by atoms with E-state index in [9.17, 15) is 4.79 Å². The third-order valence-corrected chi connectivity index (χ3v) is 0. The van der Waals surface area contributed by atoms with Crippen molar-refractivity contribution in [3.63, 3.8) is 0 Å². The molecule has 0 unspecified atom stereocenters. The molecule has 0 saturated carbocycles. The number of nitrogens with two attached hydrogens (primary N) is 1. The maximum Gasteiger partial charge on any atom is 1.00 e. The van der Waals surface area contributed by atoms with Crippen LogP contribution < -0.4 is 40.4 Å². The average molecular weight is 127 g/mol. The first kappa shape index (κ1) is 15.8. The predicted molar refractivity (Wildman–Crippen MR) is 25.4 cm³/mol. The molecular formula is C4H10NNaO2. The molecule has 0 heterocycles. The fraction of sp³-hybridized carbons (Fsp3) is 0.750. The van der Waals surface area contributed by atoms with E-state index in [4.69, 9.17) is 5.11 Å². The zero-order valence-electron chi connectivity index (χ0n) is 5.60. The molecule has 0 saturated heterocycles. The van der Waals surface area contributed by atoms with Crippen molar-refractivity contribution in [2.24, 2.45) is 5.73 Å². The van der Waals surface area contributed by atoms with Gasteiger partial charge in [0.2, 0.25) is 5.91 Å². The van der Waals surface area contributed by atoms with Crippen LogP contribution in [0, 0.1) is 0 Å². The van der Waals surface area contributed by atoms with Gasteiger partial charge in [-0.05, 0) is 0 Å². The van der Waals surface area contributed by atoms with Gasteiger partial charge >= 0.3 is 29.6 Å². The number of hydrogen-bond acceptors (Lipinski definition) is 2. The fourth-order valence-electron chi connectivity index (χ4n) is 0. The third-order valence-electron chi connectivity index (χ3n) is 0. The second kappa shape index (κ2) is 15.7. The van der Waals surface area contributed by atoms with E-state index in [-0.39, 0.29) is 42.1 Å². The Bertz CT molecular complexity index is 45.3. The van der Waals surface area contributed by atoms with Gasteiger partial charge in [-0.1, -0.05) is 6.92 Å². The zero-order valence-corrected chi connectivity index (χ0v) is 7.60. The van der Waals surface area contributed by atoms with E-state index in [1.165, 1.54) is 6.92 Å². The molecule has 1 amide bonds. The molecule has 0 aliphatic carbocycles. The Hall–Kier alpha value is 0.430. The molecule has 0 aromatic rings. The summed E-state index contributed by atoms with van der Waals surface area (Å²) in [6, 6.07) is 0. The molecule has 0 aromatic heterocycles. The van der Waals surface area contributed by atoms with Crippen molar-refractivity contribution in [2.75, 3.05) is 6.61 Å². The quantitative estimate of drug-likeness (QED) is 0.336. The van der Waals surface area contributed by atoms with Crippen molar-refractivity contribution in [2.45, 2.75) is 13.8 Å². The van der Waals surface area contributed by atoms with E-state index in [0.29, 0.717) is 0 Å². The Morgan fingerprint density at radius 2 is 1.75 bits per heavy atom. The Labute approximate surface area is 71.5 Å². The van der Waals surface area contributed by atoms with Crippen LogP contribution in [0.2, 0.25) is 0 Å². The van der Waals surface area contributed by atoms with Crippen molar-refractivity contribution >= 4 is 5.91 Å². The van der Waals surface area contributed by atoms with Gasteiger partial charge in [-0.3, -0.25) is 4.79 Å². The molecule has 4 heteroatoms. The summed E-state index contributed by atoms with van der Waals surface area (Å²) >= 11 is 0. The third kappa shape index (κ3) is 1030. The molecule has 2 N–H and O–H groups in total. The first-order chi connectivity index (χ1) is 3.15. The largest absolute Gasteiger partial charge is 1.00 e. The van der Waals surface area contributed by atoms with E-state index in [2.05, 4.69) is 5.73 Å². The van der Waals surface area contributed by atoms with E-state index in [0.717, 1.165) is 0 Å². The fourth-order valence-corrected chi connectivity index (χ4v) is 0. The summed E-state index contributed by atoms with van der Waals surface area (Å²) in [4.78, 5) is 9.22. The zero-order chi connectivity index (χ0) is 6.28. The molecule has 0 atom stereocenters. The van der Waals surface area contributed by atoms with Gasteiger partial charge in [-0.2, -0.15) is 0 Å². The van der Waals surface area contributed by atoms with Crippen LogP contribution in [0.5, 0.6) is 0 Å². The summed E-state index contributed by atoms with van der Waals surface area (Å²) in [7, 11) is 0. The van der Waals surface area contributed by atoms with Crippen molar-refractivity contribution in [3.8, 4) is 0 Å². The smallest absolute Gasteiger partial charge is 0.855 e. The van der Waals surface area contributed by atoms with Gasteiger partial charge in [0.05, 0.1) is 0 Å². The second-order valence-corrected chi connectivity index (χ2v) is 0.899. The molecule has 0 aromatic carbocycles. The molecular weight excluding hydrogens is 117 g/mol. The number of hydrogen-bond donors (Lipinski definition) is 1. The molecule has 0 rings (SSSR count). The number of primary amides is 1. The normalized spacial score (nSPS) is 5.38. The molecule has 44 valence electrons. The van der Waals surface area contributed by atoms with Gasteiger partial charge in [-0.15, -0.1) is 6.61 Å². The molecule has 0 aliphatic heterocycles. The molecule has 3 nitrogen and oxygen atoms in total. The van der Waals surface area contributed by atoms with Crippen LogP contribution in [0.3, 0.4) is 0 Å². The van der Waals surface area contributed by atoms with E-state index in [1.807, 2.05) is 0 Å². The molecule has 0 spiro atoms. The Kier molecular flexibility index (Phi) is 30.9. The van der Waals surface area contributed by atoms with Crippen LogP contribution in [0.1, 0.15) is 13.8 Å². The van der Waals surface area contributed by atoms with Crippen molar-refractivity contribution in [1.29, 1.82) is 0 Å². The Balaban J connectivity index is -0.0000000575. The Morgan fingerprint density at radius 1 is 1.75 bits per heavy atom. The first-order valence-electron chi connectivity index (χ1n) is 1.99. The Morgan fingerprint density at radius 3 is 1.75 bits per heavy atom. The average Bonchev–Trinajstić information content (AvgIpc) is 1.33. The minimum Gasteiger partial charge on any atom is -0.855 e. The van der Waals surface area contributed by atoms with E-state index >= 15 is 0 Å². The summed E-state index contributed by atoms with van der Waals surface area (Å²) in [5, 5.41) is 8.93. The molecule has 0 bridgehead atoms. The van der Waals surface area contributed by atoms with Crippen LogP contribution in [0.4, 0.5) is 0 Å². The van der Waals surface area contributed by atoms with Gasteiger partial charge < -0.3 is 10.8 Å². The van der Waals surface area contributed by atoms with Crippen molar-refractivity contribution < 1.29 is 39.5 Å². The summed E-state index contributed by atoms with van der Waals surface area (Å²) in [5.74, 6) is -0.333. The molecule has 0 fully saturated rings. The number of carbonyl (C=O) groups excluding carboxylic acids is 1. The summed E-state index contributed by atoms with van der Waals surface area (Å²) in [6.45, 7) is 2.88. The summed E-state index contributed by atoms with van der Waals surface area (Å²) < 4.78 is 0. The van der Waals surface area contributed by atoms with Gasteiger partial charge in [-0.25, -0.2) is 0 Å². The van der Waals surface area contributed by atoms with Crippen molar-refractivity contribution in [1.82, 2.24) is 0 Å².